The Morgan fingerprint density at radius 2 is 2.10 bits per heavy atom. The summed E-state index contributed by atoms with van der Waals surface area (Å²) in [6.45, 7) is 5.87. The molecule has 1 saturated heterocycles. The molecule has 0 aromatic rings. The Morgan fingerprint density at radius 3 is 2.30 bits per heavy atom. The molecule has 62 valence electrons. The fourth-order valence-corrected chi connectivity index (χ4v) is 1.12. The van der Waals surface area contributed by atoms with E-state index in [-0.39, 0.29) is 17.9 Å². The molecule has 0 aromatic heterocycles. The summed E-state index contributed by atoms with van der Waals surface area (Å²) >= 11 is 0. The minimum Gasteiger partial charge on any atom is -0.381 e. The Bertz CT molecular complexity index is 94.3. The summed E-state index contributed by atoms with van der Waals surface area (Å²) in [7, 11) is 0. The van der Waals surface area contributed by atoms with Crippen LogP contribution >= 0.6 is 12.4 Å². The summed E-state index contributed by atoms with van der Waals surface area (Å²) in [6.07, 6.45) is 1.13. The highest BCUT2D eigenvalue weighted by atomic mass is 35.5. The zero-order valence-electron chi connectivity index (χ0n) is 6.59. The van der Waals surface area contributed by atoms with Crippen molar-refractivity contribution < 1.29 is 4.74 Å². The molecular formula is C7H16ClNO. The van der Waals surface area contributed by atoms with Crippen LogP contribution in [0.2, 0.25) is 0 Å². The van der Waals surface area contributed by atoms with Crippen molar-refractivity contribution in [1.29, 1.82) is 0 Å². The highest BCUT2D eigenvalue weighted by Crippen LogP contribution is 2.22. The van der Waals surface area contributed by atoms with Gasteiger partial charge in [-0.2, -0.15) is 0 Å². The van der Waals surface area contributed by atoms with E-state index in [1.807, 2.05) is 0 Å². The van der Waals surface area contributed by atoms with Gasteiger partial charge in [0.1, 0.15) is 0 Å². The molecule has 0 aromatic carbocycles. The molecule has 3 heteroatoms. The lowest BCUT2D eigenvalue weighted by Crippen LogP contribution is -2.41. The molecule has 0 radical (unpaired) electrons. The first-order valence-electron chi connectivity index (χ1n) is 3.47. The third kappa shape index (κ3) is 2.45. The maximum Gasteiger partial charge on any atom is 0.0512 e. The molecule has 1 atom stereocenters. The Balaban J connectivity index is 0.000000810. The van der Waals surface area contributed by atoms with E-state index >= 15 is 0 Å². The van der Waals surface area contributed by atoms with Crippen LogP contribution in [0, 0.1) is 5.92 Å². The maximum absolute atomic E-state index is 5.86. The summed E-state index contributed by atoms with van der Waals surface area (Å²) in [4.78, 5) is 0. The first kappa shape index (κ1) is 10.2. The third-order valence-electron chi connectivity index (χ3n) is 1.98. The molecule has 1 fully saturated rings. The van der Waals surface area contributed by atoms with Gasteiger partial charge in [0.05, 0.1) is 6.61 Å². The first-order chi connectivity index (χ1) is 4.11. The van der Waals surface area contributed by atoms with Crippen molar-refractivity contribution in [3.05, 3.63) is 0 Å². The van der Waals surface area contributed by atoms with E-state index in [0.29, 0.717) is 5.92 Å². The zero-order chi connectivity index (χ0) is 6.91. The molecule has 0 aliphatic carbocycles. The molecule has 10 heavy (non-hydrogen) atoms. The van der Waals surface area contributed by atoms with Crippen LogP contribution < -0.4 is 5.73 Å². The molecular weight excluding hydrogens is 150 g/mol. The molecule has 0 bridgehead atoms. The standard InChI is InChI=1S/C7H15NO.ClH/c1-7(2,8)6-3-4-9-5-6;/h6H,3-5,8H2,1-2H3;1H. The van der Waals surface area contributed by atoms with E-state index < -0.39 is 0 Å². The average molecular weight is 166 g/mol. The van der Waals surface area contributed by atoms with Crippen molar-refractivity contribution in [2.45, 2.75) is 25.8 Å². The fourth-order valence-electron chi connectivity index (χ4n) is 1.12. The van der Waals surface area contributed by atoms with Crippen LogP contribution in [0.3, 0.4) is 0 Å². The highest BCUT2D eigenvalue weighted by molar-refractivity contribution is 5.85. The van der Waals surface area contributed by atoms with E-state index in [1.165, 1.54) is 0 Å². The Labute approximate surface area is 68.5 Å². The number of hydrogen-bond donors (Lipinski definition) is 1. The molecule has 1 aliphatic rings. The van der Waals surface area contributed by atoms with E-state index in [0.717, 1.165) is 19.6 Å². The summed E-state index contributed by atoms with van der Waals surface area (Å²) in [5, 5.41) is 0. The number of rotatable bonds is 1. The summed E-state index contributed by atoms with van der Waals surface area (Å²) in [5.41, 5.74) is 5.82. The van der Waals surface area contributed by atoms with Gasteiger partial charge in [-0.05, 0) is 20.3 Å². The molecule has 0 amide bonds. The highest BCUT2D eigenvalue weighted by Gasteiger charge is 2.28. The van der Waals surface area contributed by atoms with E-state index in [2.05, 4.69) is 13.8 Å². The lowest BCUT2D eigenvalue weighted by atomic mass is 9.88. The zero-order valence-corrected chi connectivity index (χ0v) is 7.41. The van der Waals surface area contributed by atoms with Gasteiger partial charge in [0.25, 0.3) is 0 Å². The molecule has 0 spiro atoms. The number of nitrogens with two attached hydrogens (primary N) is 1. The molecule has 2 N–H and O–H groups in total. The van der Waals surface area contributed by atoms with E-state index in [4.69, 9.17) is 10.5 Å². The van der Waals surface area contributed by atoms with Gasteiger partial charge in [-0.1, -0.05) is 0 Å². The number of hydrogen-bond acceptors (Lipinski definition) is 2. The van der Waals surface area contributed by atoms with Gasteiger partial charge < -0.3 is 10.5 Å². The maximum atomic E-state index is 5.86. The Morgan fingerprint density at radius 1 is 1.50 bits per heavy atom. The minimum absolute atomic E-state index is 0. The molecule has 1 unspecified atom stereocenters. The van der Waals surface area contributed by atoms with Crippen molar-refractivity contribution in [3.63, 3.8) is 0 Å². The monoisotopic (exact) mass is 165 g/mol. The first-order valence-corrected chi connectivity index (χ1v) is 3.47. The van der Waals surface area contributed by atoms with Gasteiger partial charge in [-0.25, -0.2) is 0 Å². The minimum atomic E-state index is -0.0451. The van der Waals surface area contributed by atoms with Crippen molar-refractivity contribution in [1.82, 2.24) is 0 Å². The van der Waals surface area contributed by atoms with Gasteiger partial charge in [-0.15, -0.1) is 12.4 Å². The molecule has 1 rings (SSSR count). The largest absolute Gasteiger partial charge is 0.381 e. The van der Waals surface area contributed by atoms with Crippen LogP contribution in [-0.2, 0) is 4.74 Å². The van der Waals surface area contributed by atoms with Gasteiger partial charge in [0.15, 0.2) is 0 Å². The smallest absolute Gasteiger partial charge is 0.0512 e. The average Bonchev–Trinajstić information content (AvgIpc) is 2.08. The van der Waals surface area contributed by atoms with Gasteiger partial charge in [0, 0.05) is 18.1 Å². The van der Waals surface area contributed by atoms with Crippen LogP contribution in [0.1, 0.15) is 20.3 Å². The van der Waals surface area contributed by atoms with Crippen LogP contribution in [0.5, 0.6) is 0 Å². The fraction of sp³-hybridized carbons (Fsp3) is 1.00. The summed E-state index contributed by atoms with van der Waals surface area (Å²) in [6, 6.07) is 0. The van der Waals surface area contributed by atoms with Gasteiger partial charge in [0.2, 0.25) is 0 Å². The van der Waals surface area contributed by atoms with Crippen LogP contribution in [0.25, 0.3) is 0 Å². The SMILES string of the molecule is CC(C)(N)C1CCOC1.Cl. The second-order valence-electron chi connectivity index (χ2n) is 3.38. The van der Waals surface area contributed by atoms with Crippen LogP contribution in [-0.4, -0.2) is 18.8 Å². The predicted octanol–water partition coefficient (Wildman–Crippen LogP) is 1.18. The second-order valence-corrected chi connectivity index (χ2v) is 3.38. The molecule has 1 aliphatic heterocycles. The molecule has 2 nitrogen and oxygen atoms in total. The van der Waals surface area contributed by atoms with Crippen molar-refractivity contribution in [3.8, 4) is 0 Å². The van der Waals surface area contributed by atoms with Gasteiger partial charge in [-0.3, -0.25) is 0 Å². The Kier molecular flexibility index (Phi) is 3.63. The van der Waals surface area contributed by atoms with Crippen LogP contribution in [0.15, 0.2) is 0 Å². The number of halogens is 1. The van der Waals surface area contributed by atoms with Crippen LogP contribution in [0.4, 0.5) is 0 Å². The lowest BCUT2D eigenvalue weighted by molar-refractivity contribution is 0.170. The number of ether oxygens (including phenoxy) is 1. The lowest BCUT2D eigenvalue weighted by Gasteiger charge is -2.24. The van der Waals surface area contributed by atoms with Crippen molar-refractivity contribution >= 4 is 12.4 Å². The predicted molar refractivity (Wildman–Crippen MR) is 44.4 cm³/mol. The second kappa shape index (κ2) is 3.56. The molecule has 1 heterocycles. The van der Waals surface area contributed by atoms with Gasteiger partial charge >= 0.3 is 0 Å². The summed E-state index contributed by atoms with van der Waals surface area (Å²) < 4.78 is 5.20. The quantitative estimate of drug-likeness (QED) is 0.634. The topological polar surface area (TPSA) is 35.2 Å². The third-order valence-corrected chi connectivity index (χ3v) is 1.98. The van der Waals surface area contributed by atoms with Crippen molar-refractivity contribution in [2.75, 3.05) is 13.2 Å². The van der Waals surface area contributed by atoms with Crippen molar-refractivity contribution in [2.24, 2.45) is 11.7 Å². The molecule has 0 saturated carbocycles. The van der Waals surface area contributed by atoms with E-state index in [9.17, 15) is 0 Å². The van der Waals surface area contributed by atoms with E-state index in [1.54, 1.807) is 0 Å². The Hall–Kier alpha value is 0.210. The summed E-state index contributed by atoms with van der Waals surface area (Å²) in [5.74, 6) is 0.567. The normalized spacial score (nSPS) is 26.1.